The van der Waals surface area contributed by atoms with E-state index in [0.717, 1.165) is 36.1 Å². The Labute approximate surface area is 185 Å². The largest absolute Gasteiger partial charge is 0.334 e. The smallest absolute Gasteiger partial charge is 0.325 e. The van der Waals surface area contributed by atoms with Crippen LogP contribution in [0.5, 0.6) is 0 Å². The number of aryl methyl sites for hydroxylation is 1. The third-order valence-corrected chi connectivity index (χ3v) is 7.38. The minimum Gasteiger partial charge on any atom is -0.334 e. The summed E-state index contributed by atoms with van der Waals surface area (Å²) in [4.78, 5) is 42.1. The molecule has 1 aromatic carbocycles. The number of carbonyl (C=O) groups excluding carboxylic acids is 3. The van der Waals surface area contributed by atoms with Crippen LogP contribution < -0.4 is 5.32 Å². The summed E-state index contributed by atoms with van der Waals surface area (Å²) >= 11 is 0. The SMILES string of the molecule is Cc1ccc(CN(C(=O)CN2C(=O)NC3(CCC(C(C)(C)C)CC3)C2=O)C2CC2)cc1. The van der Waals surface area contributed by atoms with Gasteiger partial charge in [0, 0.05) is 12.6 Å². The summed E-state index contributed by atoms with van der Waals surface area (Å²) in [6.07, 6.45) is 5.10. The van der Waals surface area contributed by atoms with Crippen LogP contribution in [0.3, 0.4) is 0 Å². The van der Waals surface area contributed by atoms with Crippen molar-refractivity contribution >= 4 is 17.8 Å². The van der Waals surface area contributed by atoms with Crippen molar-refractivity contribution in [3.63, 3.8) is 0 Å². The number of nitrogens with zero attached hydrogens (tertiary/aromatic N) is 2. The number of amides is 4. The topological polar surface area (TPSA) is 69.7 Å². The van der Waals surface area contributed by atoms with Crippen LogP contribution >= 0.6 is 0 Å². The lowest BCUT2D eigenvalue weighted by atomic mass is 9.67. The van der Waals surface area contributed by atoms with E-state index in [-0.39, 0.29) is 29.8 Å². The predicted octanol–water partition coefficient (Wildman–Crippen LogP) is 4.01. The molecule has 3 fully saturated rings. The second kappa shape index (κ2) is 7.95. The number of imide groups is 1. The summed E-state index contributed by atoms with van der Waals surface area (Å²) in [5, 5.41) is 2.95. The minimum absolute atomic E-state index is 0.146. The molecule has 4 rings (SSSR count). The highest BCUT2D eigenvalue weighted by Crippen LogP contribution is 2.43. The molecular formula is C25H35N3O3. The van der Waals surface area contributed by atoms with Crippen molar-refractivity contribution < 1.29 is 14.4 Å². The molecular weight excluding hydrogens is 390 g/mol. The summed E-state index contributed by atoms with van der Waals surface area (Å²) < 4.78 is 0. The monoisotopic (exact) mass is 425 g/mol. The molecule has 0 bridgehead atoms. The Morgan fingerprint density at radius 1 is 1.10 bits per heavy atom. The molecule has 0 unspecified atom stereocenters. The van der Waals surface area contributed by atoms with Crippen molar-refractivity contribution in [2.75, 3.05) is 6.54 Å². The highest BCUT2D eigenvalue weighted by Gasteiger charge is 2.54. The Balaban J connectivity index is 1.42. The summed E-state index contributed by atoms with van der Waals surface area (Å²) in [5.74, 6) is 0.176. The van der Waals surface area contributed by atoms with E-state index in [1.54, 1.807) is 0 Å². The number of nitrogens with one attached hydrogen (secondary N) is 1. The predicted molar refractivity (Wildman–Crippen MR) is 119 cm³/mol. The van der Waals surface area contributed by atoms with E-state index in [1.165, 1.54) is 5.56 Å². The van der Waals surface area contributed by atoms with E-state index in [4.69, 9.17) is 0 Å². The van der Waals surface area contributed by atoms with Gasteiger partial charge in [-0.25, -0.2) is 4.79 Å². The summed E-state index contributed by atoms with van der Waals surface area (Å²) in [7, 11) is 0. The third-order valence-electron chi connectivity index (χ3n) is 7.38. The molecule has 31 heavy (non-hydrogen) atoms. The molecule has 4 amide bonds. The Bertz CT molecular complexity index is 859. The highest BCUT2D eigenvalue weighted by molar-refractivity contribution is 6.09. The summed E-state index contributed by atoms with van der Waals surface area (Å²) in [6.45, 7) is 9.09. The number of carbonyl (C=O) groups is 3. The van der Waals surface area contributed by atoms with Gasteiger partial charge in [0.15, 0.2) is 0 Å². The number of urea groups is 1. The highest BCUT2D eigenvalue weighted by atomic mass is 16.2. The zero-order valence-corrected chi connectivity index (χ0v) is 19.2. The van der Waals surface area contributed by atoms with Gasteiger partial charge in [0.2, 0.25) is 5.91 Å². The second-order valence-corrected chi connectivity index (χ2v) is 10.8. The van der Waals surface area contributed by atoms with Crippen LogP contribution in [-0.4, -0.2) is 45.8 Å². The second-order valence-electron chi connectivity index (χ2n) is 10.8. The van der Waals surface area contributed by atoms with Crippen LogP contribution in [0, 0.1) is 18.3 Å². The van der Waals surface area contributed by atoms with E-state index < -0.39 is 11.6 Å². The lowest BCUT2D eigenvalue weighted by Gasteiger charge is -2.40. The Morgan fingerprint density at radius 2 is 1.71 bits per heavy atom. The first-order valence-electron chi connectivity index (χ1n) is 11.6. The zero-order valence-electron chi connectivity index (χ0n) is 19.2. The van der Waals surface area contributed by atoms with Crippen LogP contribution in [-0.2, 0) is 16.1 Å². The van der Waals surface area contributed by atoms with Crippen LogP contribution in [0.25, 0.3) is 0 Å². The summed E-state index contributed by atoms with van der Waals surface area (Å²) in [5.41, 5.74) is 1.63. The van der Waals surface area contributed by atoms with Crippen molar-refractivity contribution in [1.29, 1.82) is 0 Å². The first-order chi connectivity index (χ1) is 14.6. The van der Waals surface area contributed by atoms with Gasteiger partial charge in [-0.15, -0.1) is 0 Å². The molecule has 1 saturated heterocycles. The molecule has 1 N–H and O–H groups in total. The van der Waals surface area contributed by atoms with E-state index in [1.807, 2.05) is 36.1 Å². The van der Waals surface area contributed by atoms with Gasteiger partial charge in [-0.1, -0.05) is 50.6 Å². The molecule has 1 aliphatic heterocycles. The van der Waals surface area contributed by atoms with Crippen molar-refractivity contribution in [1.82, 2.24) is 15.1 Å². The fraction of sp³-hybridized carbons (Fsp3) is 0.640. The summed E-state index contributed by atoms with van der Waals surface area (Å²) in [6, 6.07) is 7.95. The molecule has 0 aromatic heterocycles. The van der Waals surface area contributed by atoms with Gasteiger partial charge in [0.25, 0.3) is 5.91 Å². The van der Waals surface area contributed by atoms with Gasteiger partial charge in [-0.3, -0.25) is 14.5 Å². The van der Waals surface area contributed by atoms with Gasteiger partial charge in [-0.05, 0) is 62.3 Å². The Kier molecular flexibility index (Phi) is 5.61. The standard InChI is InChI=1S/C25H35N3O3/c1-17-5-7-18(8-6-17)15-27(20-9-10-20)21(29)16-28-22(30)25(26-23(28)31)13-11-19(12-14-25)24(2,3)4/h5-8,19-20H,9-16H2,1-4H3,(H,26,31). The molecule has 168 valence electrons. The maximum Gasteiger partial charge on any atom is 0.325 e. The van der Waals surface area contributed by atoms with Crippen molar-refractivity contribution in [3.05, 3.63) is 35.4 Å². The fourth-order valence-electron chi connectivity index (χ4n) is 5.06. The Morgan fingerprint density at radius 3 is 2.26 bits per heavy atom. The molecule has 0 radical (unpaired) electrons. The van der Waals surface area contributed by atoms with E-state index in [0.29, 0.717) is 25.3 Å². The Hall–Kier alpha value is -2.37. The van der Waals surface area contributed by atoms with Crippen LogP contribution in [0.1, 0.15) is 70.4 Å². The first kappa shape index (κ1) is 21.8. The average Bonchev–Trinajstić information content (AvgIpc) is 3.52. The molecule has 0 atom stereocenters. The number of benzene rings is 1. The van der Waals surface area contributed by atoms with Gasteiger partial charge in [-0.2, -0.15) is 0 Å². The van der Waals surface area contributed by atoms with Crippen LogP contribution in [0.15, 0.2) is 24.3 Å². The normalized spacial score (nSPS) is 26.3. The maximum absolute atomic E-state index is 13.3. The van der Waals surface area contributed by atoms with Gasteiger partial charge >= 0.3 is 6.03 Å². The fourth-order valence-corrected chi connectivity index (χ4v) is 5.06. The lowest BCUT2D eigenvalue weighted by Crippen LogP contribution is -2.51. The number of rotatable bonds is 5. The third kappa shape index (κ3) is 4.48. The maximum atomic E-state index is 13.3. The van der Waals surface area contributed by atoms with E-state index in [9.17, 15) is 14.4 Å². The van der Waals surface area contributed by atoms with Crippen molar-refractivity contribution in [3.8, 4) is 0 Å². The molecule has 2 saturated carbocycles. The molecule has 6 nitrogen and oxygen atoms in total. The molecule has 2 aliphatic carbocycles. The lowest BCUT2D eigenvalue weighted by molar-refractivity contribution is -0.140. The molecule has 6 heteroatoms. The average molecular weight is 426 g/mol. The van der Waals surface area contributed by atoms with Crippen molar-refractivity contribution in [2.45, 2.75) is 84.3 Å². The van der Waals surface area contributed by atoms with E-state index >= 15 is 0 Å². The van der Waals surface area contributed by atoms with Gasteiger partial charge in [0.1, 0.15) is 12.1 Å². The number of hydrogen-bond donors (Lipinski definition) is 1. The van der Waals surface area contributed by atoms with Crippen molar-refractivity contribution in [2.24, 2.45) is 11.3 Å². The van der Waals surface area contributed by atoms with Gasteiger partial charge < -0.3 is 10.2 Å². The number of hydrogen-bond acceptors (Lipinski definition) is 3. The first-order valence-corrected chi connectivity index (χ1v) is 11.6. The van der Waals surface area contributed by atoms with E-state index in [2.05, 4.69) is 26.1 Å². The van der Waals surface area contributed by atoms with Crippen LogP contribution in [0.4, 0.5) is 4.79 Å². The molecule has 1 spiro atoms. The minimum atomic E-state index is -0.819. The quantitative estimate of drug-likeness (QED) is 0.725. The van der Waals surface area contributed by atoms with Crippen LogP contribution in [0.2, 0.25) is 0 Å². The molecule has 3 aliphatic rings. The molecule has 1 aromatic rings. The zero-order chi connectivity index (χ0) is 22.4. The van der Waals surface area contributed by atoms with Gasteiger partial charge in [0.05, 0.1) is 0 Å². The molecule has 1 heterocycles.